The number of benzene rings is 2. The maximum absolute atomic E-state index is 9.17. The third kappa shape index (κ3) is 4.01. The maximum Gasteiger partial charge on any atom is 0.0991 e. The van der Waals surface area contributed by atoms with E-state index in [1.165, 1.54) is 5.56 Å². The molecule has 2 aromatic carbocycles. The van der Waals surface area contributed by atoms with E-state index in [1.54, 1.807) is 6.20 Å². The van der Waals surface area contributed by atoms with Gasteiger partial charge in [0.15, 0.2) is 0 Å². The first-order chi connectivity index (χ1) is 12.2. The van der Waals surface area contributed by atoms with E-state index in [9.17, 15) is 0 Å². The van der Waals surface area contributed by atoms with E-state index in [0.717, 1.165) is 48.3 Å². The van der Waals surface area contributed by atoms with Gasteiger partial charge in [0.25, 0.3) is 0 Å². The van der Waals surface area contributed by atoms with Crippen LogP contribution < -0.4 is 16.4 Å². The summed E-state index contributed by atoms with van der Waals surface area (Å²) in [5.41, 5.74) is 11.9. The number of hydrogen-bond acceptors (Lipinski definition) is 4. The van der Waals surface area contributed by atoms with Gasteiger partial charge in [-0.2, -0.15) is 5.26 Å². The summed E-state index contributed by atoms with van der Waals surface area (Å²) < 4.78 is 0. The molecule has 1 fully saturated rings. The van der Waals surface area contributed by atoms with Crippen LogP contribution in [0.15, 0.2) is 42.6 Å². The molecule has 1 heterocycles. The Hall–Kier alpha value is -2.77. The first-order valence-electron chi connectivity index (χ1n) is 8.72. The van der Waals surface area contributed by atoms with Crippen LogP contribution in [-0.4, -0.2) is 19.1 Å². The molecule has 0 aromatic heterocycles. The van der Waals surface area contributed by atoms with Crippen LogP contribution in [0.5, 0.6) is 0 Å². The van der Waals surface area contributed by atoms with Crippen molar-refractivity contribution in [3.63, 3.8) is 0 Å². The zero-order valence-corrected chi connectivity index (χ0v) is 14.5. The molecule has 4 nitrogen and oxygen atoms in total. The van der Waals surface area contributed by atoms with Crippen LogP contribution in [-0.2, 0) is 0 Å². The van der Waals surface area contributed by atoms with Crippen molar-refractivity contribution in [3.05, 3.63) is 59.3 Å². The van der Waals surface area contributed by atoms with Crippen molar-refractivity contribution in [3.8, 4) is 17.2 Å². The highest BCUT2D eigenvalue weighted by Gasteiger charge is 2.15. The lowest BCUT2D eigenvalue weighted by Gasteiger charge is -2.26. The molecule has 0 unspecified atom stereocenters. The number of nitriles is 1. The van der Waals surface area contributed by atoms with Gasteiger partial charge < -0.3 is 16.4 Å². The van der Waals surface area contributed by atoms with Gasteiger partial charge >= 0.3 is 0 Å². The summed E-state index contributed by atoms with van der Waals surface area (Å²) in [6.07, 6.45) is 5.75. The van der Waals surface area contributed by atoms with E-state index in [4.69, 9.17) is 11.0 Å². The van der Waals surface area contributed by atoms with Crippen molar-refractivity contribution < 1.29 is 0 Å². The summed E-state index contributed by atoms with van der Waals surface area (Å²) in [6, 6.07) is 14.7. The first-order valence-corrected chi connectivity index (χ1v) is 8.72. The fraction of sp³-hybridized carbons (Fsp3) is 0.286. The maximum atomic E-state index is 9.17. The molecule has 25 heavy (non-hydrogen) atoms. The normalized spacial score (nSPS) is 15.2. The molecule has 0 aliphatic carbocycles. The van der Waals surface area contributed by atoms with Crippen molar-refractivity contribution in [1.29, 1.82) is 5.26 Å². The Kier molecular flexibility index (Phi) is 5.37. The van der Waals surface area contributed by atoms with E-state index in [1.807, 2.05) is 30.3 Å². The Morgan fingerprint density at radius 2 is 2.00 bits per heavy atom. The summed E-state index contributed by atoms with van der Waals surface area (Å²) in [5, 5.41) is 16.3. The van der Waals surface area contributed by atoms with E-state index < -0.39 is 0 Å². The number of nitrogens with two attached hydrogens (primary N) is 1. The van der Waals surface area contributed by atoms with Gasteiger partial charge in [-0.05, 0) is 91.7 Å². The zero-order valence-electron chi connectivity index (χ0n) is 14.5. The number of nitrogens with one attached hydrogen (secondary N) is 2. The lowest BCUT2D eigenvalue weighted by molar-refractivity contribution is 0.479. The summed E-state index contributed by atoms with van der Waals surface area (Å²) in [4.78, 5) is 0. The molecular formula is C21H24N4. The van der Waals surface area contributed by atoms with Gasteiger partial charge in [0.2, 0.25) is 0 Å². The molecule has 0 spiro atoms. The number of piperidine rings is 1. The van der Waals surface area contributed by atoms with Crippen LogP contribution in [0.2, 0.25) is 0 Å². The second kappa shape index (κ2) is 7.87. The van der Waals surface area contributed by atoms with Gasteiger partial charge in [-0.15, -0.1) is 0 Å². The minimum atomic E-state index is 0.482. The molecule has 1 aliphatic rings. The minimum absolute atomic E-state index is 0.482. The Morgan fingerprint density at radius 3 is 2.72 bits per heavy atom. The molecule has 3 rings (SSSR count). The molecule has 4 heteroatoms. The summed E-state index contributed by atoms with van der Waals surface area (Å²) in [5.74, 6) is 0. The van der Waals surface area contributed by atoms with Gasteiger partial charge in [0.1, 0.15) is 0 Å². The Morgan fingerprint density at radius 1 is 1.20 bits per heavy atom. The average molecular weight is 332 g/mol. The van der Waals surface area contributed by atoms with E-state index in [-0.39, 0.29) is 0 Å². The molecule has 4 N–H and O–H groups in total. The lowest BCUT2D eigenvalue weighted by atomic mass is 9.96. The molecule has 2 aromatic rings. The highest BCUT2D eigenvalue weighted by atomic mass is 15.0. The molecular weight excluding hydrogens is 308 g/mol. The molecule has 0 atom stereocenters. The number of rotatable bonds is 4. The standard InChI is InChI=1S/C21H24N4/c1-15-17(5-8-22)12-19(18-4-2-3-16(11-18)14-23)13-21(15)25-20-6-9-24-10-7-20/h2-5,8,11-13,20,24-25H,6-7,9-10,22H2,1H3/b8-5-. The Labute approximate surface area is 149 Å². The summed E-state index contributed by atoms with van der Waals surface area (Å²) in [6.45, 7) is 4.22. The third-order valence-electron chi connectivity index (χ3n) is 4.75. The smallest absolute Gasteiger partial charge is 0.0991 e. The number of nitrogens with zero attached hydrogens (tertiary/aromatic N) is 1. The van der Waals surface area contributed by atoms with Crippen LogP contribution in [0.1, 0.15) is 29.5 Å². The molecule has 0 amide bonds. The van der Waals surface area contributed by atoms with Gasteiger partial charge in [-0.1, -0.05) is 12.1 Å². The monoisotopic (exact) mass is 332 g/mol. The molecule has 1 aliphatic heterocycles. The van der Waals surface area contributed by atoms with Crippen LogP contribution in [0, 0.1) is 18.3 Å². The Balaban J connectivity index is 2.01. The SMILES string of the molecule is Cc1c(/C=C\N)cc(-c2cccc(C#N)c2)cc1NC1CCNCC1. The van der Waals surface area contributed by atoms with Crippen molar-refractivity contribution in [2.45, 2.75) is 25.8 Å². The fourth-order valence-corrected chi connectivity index (χ4v) is 3.28. The second-order valence-corrected chi connectivity index (χ2v) is 6.46. The average Bonchev–Trinajstić information content (AvgIpc) is 2.66. The molecule has 0 saturated carbocycles. The van der Waals surface area contributed by atoms with Crippen molar-refractivity contribution in [1.82, 2.24) is 5.32 Å². The molecule has 128 valence electrons. The lowest BCUT2D eigenvalue weighted by Crippen LogP contribution is -2.35. The summed E-state index contributed by atoms with van der Waals surface area (Å²) in [7, 11) is 0. The molecule has 0 radical (unpaired) electrons. The van der Waals surface area contributed by atoms with Crippen LogP contribution >= 0.6 is 0 Å². The predicted octanol–water partition coefficient (Wildman–Crippen LogP) is 3.63. The van der Waals surface area contributed by atoms with Gasteiger partial charge in [-0.3, -0.25) is 0 Å². The number of anilines is 1. The first kappa shape index (κ1) is 17.1. The van der Waals surface area contributed by atoms with Crippen molar-refractivity contribution in [2.75, 3.05) is 18.4 Å². The highest BCUT2D eigenvalue weighted by molar-refractivity contribution is 5.76. The van der Waals surface area contributed by atoms with Gasteiger partial charge in [0.05, 0.1) is 11.6 Å². The summed E-state index contributed by atoms with van der Waals surface area (Å²) >= 11 is 0. The minimum Gasteiger partial charge on any atom is -0.405 e. The van der Waals surface area contributed by atoms with E-state index in [2.05, 4.69) is 35.8 Å². The van der Waals surface area contributed by atoms with Gasteiger partial charge in [0, 0.05) is 11.7 Å². The predicted molar refractivity (Wildman–Crippen MR) is 104 cm³/mol. The third-order valence-corrected chi connectivity index (χ3v) is 4.75. The highest BCUT2D eigenvalue weighted by Crippen LogP contribution is 2.31. The largest absolute Gasteiger partial charge is 0.405 e. The van der Waals surface area contributed by atoms with E-state index >= 15 is 0 Å². The molecule has 0 bridgehead atoms. The fourth-order valence-electron chi connectivity index (χ4n) is 3.28. The van der Waals surface area contributed by atoms with Gasteiger partial charge in [-0.25, -0.2) is 0 Å². The molecule has 1 saturated heterocycles. The van der Waals surface area contributed by atoms with Crippen LogP contribution in [0.3, 0.4) is 0 Å². The van der Waals surface area contributed by atoms with E-state index in [0.29, 0.717) is 11.6 Å². The van der Waals surface area contributed by atoms with Crippen LogP contribution in [0.25, 0.3) is 17.2 Å². The number of hydrogen-bond donors (Lipinski definition) is 3. The Bertz CT molecular complexity index is 811. The quantitative estimate of drug-likeness (QED) is 0.799. The zero-order chi connectivity index (χ0) is 17.6. The van der Waals surface area contributed by atoms with Crippen molar-refractivity contribution >= 4 is 11.8 Å². The van der Waals surface area contributed by atoms with Crippen molar-refractivity contribution in [2.24, 2.45) is 5.73 Å². The topological polar surface area (TPSA) is 73.9 Å². The van der Waals surface area contributed by atoms with Crippen LogP contribution in [0.4, 0.5) is 5.69 Å². The second-order valence-electron chi connectivity index (χ2n) is 6.46.